The van der Waals surface area contributed by atoms with E-state index >= 15 is 0 Å². The minimum atomic E-state index is -0.687. The first-order chi connectivity index (χ1) is 13.3. The predicted octanol–water partition coefficient (Wildman–Crippen LogP) is 4.28. The number of carbonyl (C=O) groups is 1. The van der Waals surface area contributed by atoms with E-state index in [1.165, 1.54) is 32.4 Å². The van der Waals surface area contributed by atoms with Crippen molar-refractivity contribution < 1.29 is 29.6 Å². The molecule has 0 aromatic heterocycles. The van der Waals surface area contributed by atoms with Crippen LogP contribution in [0.5, 0.6) is 23.0 Å². The lowest BCUT2D eigenvalue weighted by Crippen LogP contribution is -2.07. The lowest BCUT2D eigenvalue weighted by Gasteiger charge is -2.15. The molecule has 0 aliphatic heterocycles. The molecule has 2 aromatic rings. The summed E-state index contributed by atoms with van der Waals surface area (Å²) in [7, 11) is 2.72. The molecule has 0 aliphatic rings. The molecule has 0 radical (unpaired) electrons. The van der Waals surface area contributed by atoms with E-state index in [2.05, 4.69) is 0 Å². The van der Waals surface area contributed by atoms with Gasteiger partial charge >= 0.3 is 5.97 Å². The second-order valence-corrected chi connectivity index (χ2v) is 6.42. The monoisotopic (exact) mass is 384 g/mol. The Morgan fingerprint density at radius 1 is 1.04 bits per heavy atom. The Morgan fingerprint density at radius 3 is 2.29 bits per heavy atom. The number of esters is 1. The molecule has 0 bridgehead atoms. The first-order valence-electron chi connectivity index (χ1n) is 8.63. The highest BCUT2D eigenvalue weighted by atomic mass is 16.5. The number of ether oxygens (including phenoxy) is 2. The summed E-state index contributed by atoms with van der Waals surface area (Å²) in [4.78, 5) is 12.3. The maximum absolute atomic E-state index is 12.3. The van der Waals surface area contributed by atoms with Crippen molar-refractivity contribution in [1.82, 2.24) is 0 Å². The van der Waals surface area contributed by atoms with E-state index in [1.54, 1.807) is 18.2 Å². The van der Waals surface area contributed by atoms with Crippen molar-refractivity contribution in [2.24, 2.45) is 0 Å². The van der Waals surface area contributed by atoms with Gasteiger partial charge < -0.3 is 24.8 Å². The van der Waals surface area contributed by atoms with Crippen LogP contribution in [0.25, 0.3) is 12.2 Å². The molecule has 6 nitrogen and oxygen atoms in total. The lowest BCUT2D eigenvalue weighted by molar-refractivity contribution is 0.0597. The molecule has 0 saturated carbocycles. The third kappa shape index (κ3) is 4.65. The van der Waals surface area contributed by atoms with E-state index in [4.69, 9.17) is 9.47 Å². The van der Waals surface area contributed by atoms with Crippen LogP contribution in [0, 0.1) is 0 Å². The molecule has 0 heterocycles. The highest BCUT2D eigenvalue weighted by Crippen LogP contribution is 2.37. The number of carbonyl (C=O) groups excluding carboxylic acids is 1. The molecule has 2 rings (SSSR count). The SMILES string of the molecule is COC(=O)c1c(/C=C/c2ccc(O)cc2O)cc(OC)c(CC=C(C)C)c1O. The van der Waals surface area contributed by atoms with Crippen molar-refractivity contribution >= 4 is 18.1 Å². The summed E-state index contributed by atoms with van der Waals surface area (Å²) in [5.74, 6) is -0.649. The van der Waals surface area contributed by atoms with Crippen molar-refractivity contribution in [3.63, 3.8) is 0 Å². The number of hydrogen-bond acceptors (Lipinski definition) is 6. The van der Waals surface area contributed by atoms with Gasteiger partial charge in [-0.1, -0.05) is 23.8 Å². The van der Waals surface area contributed by atoms with Crippen LogP contribution in [0.3, 0.4) is 0 Å². The van der Waals surface area contributed by atoms with Gasteiger partial charge in [-0.25, -0.2) is 4.79 Å². The van der Waals surface area contributed by atoms with Crippen molar-refractivity contribution in [2.45, 2.75) is 20.3 Å². The number of aromatic hydroxyl groups is 3. The molecule has 0 atom stereocenters. The Kier molecular flexibility index (Phi) is 6.71. The Balaban J connectivity index is 2.62. The largest absolute Gasteiger partial charge is 0.508 e. The minimum Gasteiger partial charge on any atom is -0.508 e. The van der Waals surface area contributed by atoms with Gasteiger partial charge in [-0.05, 0) is 44.0 Å². The third-order valence-electron chi connectivity index (χ3n) is 4.18. The fraction of sp³-hybridized carbons (Fsp3) is 0.227. The number of methoxy groups -OCH3 is 2. The smallest absolute Gasteiger partial charge is 0.342 e. The standard InChI is InChI=1S/C22H24O6/c1-13(2)5-10-17-19(27-3)11-15(20(21(17)25)22(26)28-4)7-6-14-8-9-16(23)12-18(14)24/h5-9,11-12,23-25H,10H2,1-4H3/b7-6+. The van der Waals surface area contributed by atoms with E-state index in [0.717, 1.165) is 5.57 Å². The molecule has 2 aromatic carbocycles. The van der Waals surface area contributed by atoms with Crippen LogP contribution in [0.4, 0.5) is 0 Å². The van der Waals surface area contributed by atoms with Crippen LogP contribution < -0.4 is 4.74 Å². The molecule has 0 aliphatic carbocycles. The summed E-state index contributed by atoms with van der Waals surface area (Å²) >= 11 is 0. The summed E-state index contributed by atoms with van der Waals surface area (Å²) in [6, 6.07) is 5.80. The van der Waals surface area contributed by atoms with Gasteiger partial charge in [0.05, 0.1) is 14.2 Å². The van der Waals surface area contributed by atoms with Crippen molar-refractivity contribution in [3.8, 4) is 23.0 Å². The number of phenolic OH excluding ortho intramolecular Hbond substituents is 3. The summed E-state index contributed by atoms with van der Waals surface area (Å²) in [5, 5.41) is 30.1. The van der Waals surface area contributed by atoms with E-state index in [-0.39, 0.29) is 22.8 Å². The second kappa shape index (κ2) is 8.99. The van der Waals surface area contributed by atoms with Crippen LogP contribution in [-0.4, -0.2) is 35.5 Å². The zero-order valence-electron chi connectivity index (χ0n) is 16.3. The summed E-state index contributed by atoms with van der Waals surface area (Å²) in [5.41, 5.74) is 2.35. The Labute approximate surface area is 164 Å². The zero-order chi connectivity index (χ0) is 20.8. The molecular weight excluding hydrogens is 360 g/mol. The summed E-state index contributed by atoms with van der Waals surface area (Å²) in [6.07, 6.45) is 5.43. The van der Waals surface area contributed by atoms with E-state index < -0.39 is 5.97 Å². The molecule has 0 unspecified atom stereocenters. The number of allylic oxidation sites excluding steroid dienone is 2. The number of rotatable bonds is 6. The van der Waals surface area contributed by atoms with Gasteiger partial charge in [0.15, 0.2) is 0 Å². The van der Waals surface area contributed by atoms with Gasteiger partial charge in [0.2, 0.25) is 0 Å². The van der Waals surface area contributed by atoms with Crippen LogP contribution in [0.1, 0.15) is 40.9 Å². The van der Waals surface area contributed by atoms with Gasteiger partial charge in [-0.2, -0.15) is 0 Å². The first-order valence-corrected chi connectivity index (χ1v) is 8.63. The summed E-state index contributed by atoms with van der Waals surface area (Å²) in [6.45, 7) is 3.87. The van der Waals surface area contributed by atoms with Gasteiger partial charge in [0.1, 0.15) is 28.6 Å². The molecule has 0 fully saturated rings. The average Bonchev–Trinajstić information content (AvgIpc) is 2.65. The lowest BCUT2D eigenvalue weighted by atomic mass is 9.97. The van der Waals surface area contributed by atoms with Gasteiger partial charge in [-0.15, -0.1) is 0 Å². The van der Waals surface area contributed by atoms with Gasteiger partial charge in [0, 0.05) is 17.2 Å². The predicted molar refractivity (Wildman–Crippen MR) is 108 cm³/mol. The Bertz CT molecular complexity index is 937. The quantitative estimate of drug-likeness (QED) is 0.391. The minimum absolute atomic E-state index is 0.00924. The highest BCUT2D eigenvalue weighted by Gasteiger charge is 2.22. The average molecular weight is 384 g/mol. The van der Waals surface area contributed by atoms with Crippen molar-refractivity contribution in [2.75, 3.05) is 14.2 Å². The maximum atomic E-state index is 12.3. The maximum Gasteiger partial charge on any atom is 0.342 e. The van der Waals surface area contributed by atoms with Crippen molar-refractivity contribution in [1.29, 1.82) is 0 Å². The fourth-order valence-corrected chi connectivity index (χ4v) is 2.69. The van der Waals surface area contributed by atoms with E-state index in [0.29, 0.717) is 28.9 Å². The molecule has 3 N–H and O–H groups in total. The fourth-order valence-electron chi connectivity index (χ4n) is 2.69. The van der Waals surface area contributed by atoms with Crippen LogP contribution >= 0.6 is 0 Å². The van der Waals surface area contributed by atoms with Crippen LogP contribution in [0.2, 0.25) is 0 Å². The molecule has 0 saturated heterocycles. The molecule has 0 amide bonds. The second-order valence-electron chi connectivity index (χ2n) is 6.42. The topological polar surface area (TPSA) is 96.2 Å². The third-order valence-corrected chi connectivity index (χ3v) is 4.18. The van der Waals surface area contributed by atoms with Crippen LogP contribution in [0.15, 0.2) is 35.9 Å². The van der Waals surface area contributed by atoms with E-state index in [1.807, 2.05) is 19.9 Å². The highest BCUT2D eigenvalue weighted by molar-refractivity contribution is 5.98. The zero-order valence-corrected chi connectivity index (χ0v) is 16.3. The number of hydrogen-bond donors (Lipinski definition) is 3. The molecular formula is C22H24O6. The number of benzene rings is 2. The molecule has 6 heteroatoms. The van der Waals surface area contributed by atoms with Gasteiger partial charge in [-0.3, -0.25) is 0 Å². The Morgan fingerprint density at radius 2 is 1.71 bits per heavy atom. The first kappa shape index (κ1) is 20.9. The molecule has 28 heavy (non-hydrogen) atoms. The van der Waals surface area contributed by atoms with Crippen LogP contribution in [-0.2, 0) is 11.2 Å². The number of phenols is 3. The molecule has 148 valence electrons. The Hall–Kier alpha value is -3.41. The normalized spacial score (nSPS) is 10.7. The summed E-state index contributed by atoms with van der Waals surface area (Å²) < 4.78 is 10.2. The van der Waals surface area contributed by atoms with Gasteiger partial charge in [0.25, 0.3) is 0 Å². The molecule has 0 spiro atoms. The van der Waals surface area contributed by atoms with Crippen molar-refractivity contribution in [3.05, 3.63) is 58.2 Å². The van der Waals surface area contributed by atoms with E-state index in [9.17, 15) is 20.1 Å².